The molecule has 3 fully saturated rings. The molecule has 2 aliphatic heterocycles. The number of carbonyl (C=O) groups excluding carboxylic acids is 2. The number of nitrogens with one attached hydrogen (secondary N) is 1. The van der Waals surface area contributed by atoms with Gasteiger partial charge in [-0.1, -0.05) is 23.7 Å². The Morgan fingerprint density at radius 2 is 1.88 bits per heavy atom. The van der Waals surface area contributed by atoms with E-state index in [1.165, 1.54) is 4.90 Å². The first-order valence-electron chi connectivity index (χ1n) is 11.5. The molecule has 1 aromatic carbocycles. The Balaban J connectivity index is 1.60. The lowest BCUT2D eigenvalue weighted by Gasteiger charge is -2.45. The maximum atomic E-state index is 14.1. The lowest BCUT2D eigenvalue weighted by Crippen LogP contribution is -2.63. The van der Waals surface area contributed by atoms with Crippen LogP contribution >= 0.6 is 11.6 Å². The van der Waals surface area contributed by atoms with Gasteiger partial charge in [0, 0.05) is 49.6 Å². The molecule has 9 heteroatoms. The number of amides is 2. The summed E-state index contributed by atoms with van der Waals surface area (Å²) < 4.78 is 0. The van der Waals surface area contributed by atoms with Crippen LogP contribution in [-0.4, -0.2) is 71.0 Å². The third-order valence-corrected chi connectivity index (χ3v) is 7.83. The van der Waals surface area contributed by atoms with E-state index in [4.69, 9.17) is 11.6 Å². The summed E-state index contributed by atoms with van der Waals surface area (Å²) in [6.07, 6.45) is 1.02. The highest BCUT2D eigenvalue weighted by atomic mass is 35.5. The normalized spacial score (nSPS) is 26.5. The van der Waals surface area contributed by atoms with Gasteiger partial charge in [0.05, 0.1) is 6.07 Å². The maximum absolute atomic E-state index is 14.1. The van der Waals surface area contributed by atoms with Gasteiger partial charge in [-0.15, -0.1) is 0 Å². The Kier molecular flexibility index (Phi) is 6.39. The highest BCUT2D eigenvalue weighted by Crippen LogP contribution is 2.47. The predicted molar refractivity (Wildman–Crippen MR) is 122 cm³/mol. The number of likely N-dealkylation sites (N-methyl/N-ethyl adjacent to an activating group) is 1. The molecule has 2 saturated heterocycles. The van der Waals surface area contributed by atoms with Crippen molar-refractivity contribution < 1.29 is 19.5 Å². The molecule has 1 aromatic rings. The number of carbonyl (C=O) groups is 3. The zero-order valence-electron chi connectivity index (χ0n) is 18.7. The number of nitriles is 1. The standard InChI is InChI=1S/C24H29ClN4O4/c1-2-29(22(32)33)24(15-27-13-19(24)16-3-5-18(25)6-4-16)20(30)17-7-11-28(12-8-17)21(31)23(14-26)9-10-23/h3-6,17,19,27H,2,7-13,15H2,1H3,(H,32,33)/t19-,24+/m0/s1. The number of halogens is 1. The minimum Gasteiger partial charge on any atom is -0.465 e. The van der Waals surface area contributed by atoms with Gasteiger partial charge in [0.25, 0.3) is 0 Å². The summed E-state index contributed by atoms with van der Waals surface area (Å²) in [7, 11) is 0. The number of Topliss-reactive ketones (excluding diaryl/α,β-unsaturated/α-hetero) is 1. The largest absolute Gasteiger partial charge is 0.465 e. The van der Waals surface area contributed by atoms with Gasteiger partial charge in [-0.3, -0.25) is 14.5 Å². The molecule has 176 valence electrons. The first-order chi connectivity index (χ1) is 15.8. The molecular weight excluding hydrogens is 444 g/mol. The number of ketones is 1. The van der Waals surface area contributed by atoms with Crippen LogP contribution in [-0.2, 0) is 9.59 Å². The third-order valence-electron chi connectivity index (χ3n) is 7.57. The number of carboxylic acid groups (broad SMARTS) is 1. The first-order valence-corrected chi connectivity index (χ1v) is 11.9. The molecule has 0 radical (unpaired) electrons. The van der Waals surface area contributed by atoms with E-state index in [-0.39, 0.29) is 36.6 Å². The molecule has 1 aliphatic carbocycles. The second-order valence-corrected chi connectivity index (χ2v) is 9.75. The Morgan fingerprint density at radius 1 is 1.24 bits per heavy atom. The molecule has 3 aliphatic rings. The second-order valence-electron chi connectivity index (χ2n) is 9.31. The van der Waals surface area contributed by atoms with Crippen LogP contribution in [0.5, 0.6) is 0 Å². The molecule has 4 rings (SSSR count). The summed E-state index contributed by atoms with van der Waals surface area (Å²) in [6.45, 7) is 3.49. The van der Waals surface area contributed by atoms with Crippen molar-refractivity contribution in [1.82, 2.24) is 15.1 Å². The van der Waals surface area contributed by atoms with Gasteiger partial charge < -0.3 is 15.3 Å². The number of benzene rings is 1. The highest BCUT2D eigenvalue weighted by molar-refractivity contribution is 6.30. The molecule has 8 nitrogen and oxygen atoms in total. The van der Waals surface area contributed by atoms with E-state index in [2.05, 4.69) is 11.4 Å². The van der Waals surface area contributed by atoms with Crippen LogP contribution in [0, 0.1) is 22.7 Å². The van der Waals surface area contributed by atoms with Crippen molar-refractivity contribution >= 4 is 29.4 Å². The van der Waals surface area contributed by atoms with Crippen LogP contribution in [0.3, 0.4) is 0 Å². The molecule has 2 amide bonds. The minimum absolute atomic E-state index is 0.0924. The molecule has 2 atom stereocenters. The van der Waals surface area contributed by atoms with Crippen LogP contribution in [0.4, 0.5) is 4.79 Å². The fourth-order valence-corrected chi connectivity index (χ4v) is 5.68. The topological polar surface area (TPSA) is 114 Å². The van der Waals surface area contributed by atoms with Crippen LogP contribution in [0.15, 0.2) is 24.3 Å². The van der Waals surface area contributed by atoms with Gasteiger partial charge in [-0.05, 0) is 50.3 Å². The van der Waals surface area contributed by atoms with E-state index < -0.39 is 17.0 Å². The molecule has 0 unspecified atom stereocenters. The number of piperidine rings is 1. The number of likely N-dealkylation sites (tertiary alicyclic amines) is 1. The zero-order chi connectivity index (χ0) is 23.8. The van der Waals surface area contributed by atoms with E-state index in [9.17, 15) is 24.8 Å². The minimum atomic E-state index is -1.23. The van der Waals surface area contributed by atoms with Gasteiger partial charge in [-0.25, -0.2) is 4.79 Å². The Morgan fingerprint density at radius 3 is 2.39 bits per heavy atom. The number of hydrogen-bond acceptors (Lipinski definition) is 5. The summed E-state index contributed by atoms with van der Waals surface area (Å²) in [5.41, 5.74) is -1.22. The second kappa shape index (κ2) is 8.96. The van der Waals surface area contributed by atoms with E-state index in [1.807, 2.05) is 12.1 Å². The van der Waals surface area contributed by atoms with Crippen LogP contribution in [0.25, 0.3) is 0 Å². The Hall–Kier alpha value is -2.63. The van der Waals surface area contributed by atoms with Crippen molar-refractivity contribution in [2.24, 2.45) is 11.3 Å². The molecule has 0 bridgehead atoms. The first kappa shape index (κ1) is 23.5. The highest BCUT2D eigenvalue weighted by Gasteiger charge is 2.57. The third kappa shape index (κ3) is 3.98. The molecular formula is C24H29ClN4O4. The lowest BCUT2D eigenvalue weighted by molar-refractivity contribution is -0.141. The van der Waals surface area contributed by atoms with Crippen molar-refractivity contribution in [3.05, 3.63) is 34.9 Å². The van der Waals surface area contributed by atoms with Crippen LogP contribution < -0.4 is 5.32 Å². The van der Waals surface area contributed by atoms with Crippen molar-refractivity contribution in [1.29, 1.82) is 5.26 Å². The van der Waals surface area contributed by atoms with Crippen molar-refractivity contribution in [2.45, 2.75) is 44.1 Å². The number of hydrogen-bond donors (Lipinski definition) is 2. The van der Waals surface area contributed by atoms with Gasteiger partial charge in [0.2, 0.25) is 5.91 Å². The SMILES string of the molecule is CCN(C(=O)O)[C@]1(C(=O)C2CCN(C(=O)C3(C#N)CC3)CC2)CNC[C@H]1c1ccc(Cl)cc1. The molecule has 2 heterocycles. The average Bonchev–Trinajstić information content (AvgIpc) is 3.51. The van der Waals surface area contributed by atoms with E-state index in [0.717, 1.165) is 5.56 Å². The summed E-state index contributed by atoms with van der Waals surface area (Å²) in [5, 5.41) is 23.2. The molecule has 0 aromatic heterocycles. The fourth-order valence-electron chi connectivity index (χ4n) is 5.55. The van der Waals surface area contributed by atoms with Crippen LogP contribution in [0.1, 0.15) is 44.1 Å². The molecule has 33 heavy (non-hydrogen) atoms. The van der Waals surface area contributed by atoms with E-state index in [0.29, 0.717) is 50.3 Å². The van der Waals surface area contributed by atoms with Gasteiger partial charge >= 0.3 is 6.09 Å². The van der Waals surface area contributed by atoms with Crippen molar-refractivity contribution in [3.8, 4) is 6.07 Å². The monoisotopic (exact) mass is 472 g/mol. The zero-order valence-corrected chi connectivity index (χ0v) is 19.5. The van der Waals surface area contributed by atoms with Crippen molar-refractivity contribution in [2.75, 3.05) is 32.7 Å². The average molecular weight is 473 g/mol. The van der Waals surface area contributed by atoms with E-state index >= 15 is 0 Å². The fraction of sp³-hybridized carbons (Fsp3) is 0.583. The maximum Gasteiger partial charge on any atom is 0.408 e. The van der Waals surface area contributed by atoms with Crippen LogP contribution in [0.2, 0.25) is 5.02 Å². The number of nitrogens with zero attached hydrogens (tertiary/aromatic N) is 3. The summed E-state index contributed by atoms with van der Waals surface area (Å²) in [5.74, 6) is -0.918. The predicted octanol–water partition coefficient (Wildman–Crippen LogP) is 2.88. The van der Waals surface area contributed by atoms with Crippen molar-refractivity contribution in [3.63, 3.8) is 0 Å². The summed E-state index contributed by atoms with van der Waals surface area (Å²) >= 11 is 6.06. The number of rotatable bonds is 6. The van der Waals surface area contributed by atoms with Gasteiger partial charge in [0.15, 0.2) is 5.78 Å². The van der Waals surface area contributed by atoms with Gasteiger partial charge in [0.1, 0.15) is 11.0 Å². The Labute approximate surface area is 198 Å². The van der Waals surface area contributed by atoms with E-state index in [1.54, 1.807) is 24.0 Å². The quantitative estimate of drug-likeness (QED) is 0.658. The smallest absolute Gasteiger partial charge is 0.408 e. The Bertz CT molecular complexity index is 979. The molecule has 0 spiro atoms. The summed E-state index contributed by atoms with van der Waals surface area (Å²) in [4.78, 5) is 42.1. The van der Waals surface area contributed by atoms with Gasteiger partial charge in [-0.2, -0.15) is 5.26 Å². The lowest BCUT2D eigenvalue weighted by atomic mass is 9.71. The molecule has 1 saturated carbocycles. The summed E-state index contributed by atoms with van der Waals surface area (Å²) in [6, 6.07) is 9.38. The molecule has 2 N–H and O–H groups in total.